The highest BCUT2D eigenvalue weighted by Gasteiger charge is 2.39. The summed E-state index contributed by atoms with van der Waals surface area (Å²) >= 11 is 0. The van der Waals surface area contributed by atoms with Gasteiger partial charge in [-0.05, 0) is 69.5 Å². The summed E-state index contributed by atoms with van der Waals surface area (Å²) in [4.78, 5) is 41.8. The van der Waals surface area contributed by atoms with Crippen LogP contribution in [-0.4, -0.2) is 47.3 Å². The van der Waals surface area contributed by atoms with Crippen molar-refractivity contribution in [1.29, 1.82) is 0 Å². The van der Waals surface area contributed by atoms with Crippen molar-refractivity contribution in [2.24, 2.45) is 5.11 Å². The Hall–Kier alpha value is -4.97. The summed E-state index contributed by atoms with van der Waals surface area (Å²) in [6, 6.07) is 7.67. The molecular weight excluding hydrogens is 721 g/mol. The molecule has 0 bridgehead atoms. The summed E-state index contributed by atoms with van der Waals surface area (Å²) in [7, 11) is -4.03. The average molecular weight is 776 g/mol. The summed E-state index contributed by atoms with van der Waals surface area (Å²) in [5, 5.41) is 9.36. The third-order valence-corrected chi connectivity index (χ3v) is 9.68. The lowest BCUT2D eigenvalue weighted by atomic mass is 10.1. The van der Waals surface area contributed by atoms with Crippen LogP contribution in [0, 0.1) is 6.92 Å². The van der Waals surface area contributed by atoms with E-state index in [0.717, 1.165) is 38.5 Å². The van der Waals surface area contributed by atoms with Crippen LogP contribution in [0.25, 0.3) is 10.4 Å². The van der Waals surface area contributed by atoms with Gasteiger partial charge in [0.25, 0.3) is 5.56 Å². The van der Waals surface area contributed by atoms with E-state index in [1.54, 1.807) is 37.3 Å². The van der Waals surface area contributed by atoms with Crippen LogP contribution in [0.2, 0.25) is 0 Å². The molecule has 4 atom stereocenters. The fourth-order valence-corrected chi connectivity index (χ4v) is 6.59. The number of rotatable bonds is 25. The lowest BCUT2D eigenvalue weighted by Crippen LogP contribution is -2.34. The second kappa shape index (κ2) is 25.9. The number of nitrogens with one attached hydrogen (secondary N) is 3. The van der Waals surface area contributed by atoms with Crippen LogP contribution < -0.4 is 26.2 Å². The zero-order chi connectivity index (χ0) is 39.6. The molecule has 0 saturated carbocycles. The molecular formula is C40H54N7O7P. The Morgan fingerprint density at radius 1 is 0.964 bits per heavy atom. The highest BCUT2D eigenvalue weighted by molar-refractivity contribution is 7.52. The van der Waals surface area contributed by atoms with Crippen LogP contribution in [0.1, 0.15) is 76.5 Å². The minimum absolute atomic E-state index is 0.0652. The number of ether oxygens (including phenoxy) is 1. The minimum Gasteiger partial charge on any atom is -0.413 e. The third-order valence-electron chi connectivity index (χ3n) is 8.13. The number of para-hydroxylation sites is 1. The molecule has 2 unspecified atom stereocenters. The molecule has 1 saturated heterocycles. The van der Waals surface area contributed by atoms with Gasteiger partial charge < -0.3 is 14.6 Å². The van der Waals surface area contributed by atoms with E-state index in [2.05, 4.69) is 93.1 Å². The van der Waals surface area contributed by atoms with Gasteiger partial charge >= 0.3 is 13.4 Å². The molecule has 0 aliphatic carbocycles. The summed E-state index contributed by atoms with van der Waals surface area (Å²) in [5.41, 5.74) is 8.24. The SMILES string of the molecule is CCC=CCC=CCC=CCC=CCC=CCC=CCCC(=O)NCCNP(=O)(OC[C@H]1OC(n2cc(C)c(=O)[nH]c2=O)C[C@@H]1N=[N+]=[N-])Oc1ccccc1. The highest BCUT2D eigenvalue weighted by Crippen LogP contribution is 2.45. The Kier molecular flexibility index (Phi) is 21.0. The van der Waals surface area contributed by atoms with Crippen molar-refractivity contribution in [2.75, 3.05) is 19.7 Å². The Labute approximate surface area is 323 Å². The van der Waals surface area contributed by atoms with E-state index in [9.17, 15) is 18.9 Å². The molecule has 1 amide bonds. The van der Waals surface area contributed by atoms with Crippen LogP contribution in [0.3, 0.4) is 0 Å². The van der Waals surface area contributed by atoms with E-state index >= 15 is 0 Å². The summed E-state index contributed by atoms with van der Waals surface area (Å²) in [6.07, 6.45) is 31.9. The van der Waals surface area contributed by atoms with Crippen molar-refractivity contribution in [3.8, 4) is 5.75 Å². The van der Waals surface area contributed by atoms with Gasteiger partial charge in [0.05, 0.1) is 18.8 Å². The standard InChI is InChI=1S/C40H54N7O7P/c1-3-4-5-6-7-8-9-10-11-12-13-14-15-16-17-18-19-20-24-27-37(48)42-28-29-43-55(51,54-34-25-22-21-23-26-34)52-32-36-35(45-46-41)30-38(53-36)47-31-33(2)39(49)44-40(47)50/h4-5,7-8,10-11,13-14,16-17,19-23,25-26,31,35-36,38H,3,6,9,12,15,18,24,27-30,32H2,1-2H3,(H,42,48)(H,43,51)(H,44,49,50)/t35-,36+,38?,55?/m0/s1. The van der Waals surface area contributed by atoms with Crippen LogP contribution in [0.15, 0.2) is 124 Å². The Balaban J connectivity index is 1.38. The molecule has 1 fully saturated rings. The predicted molar refractivity (Wildman–Crippen MR) is 217 cm³/mol. The van der Waals surface area contributed by atoms with E-state index in [4.69, 9.17) is 19.3 Å². The van der Waals surface area contributed by atoms with Gasteiger partial charge in [-0.1, -0.05) is 103 Å². The number of aryl methyl sites for hydroxylation is 1. The number of carbonyl (C=O) groups is 1. The van der Waals surface area contributed by atoms with Crippen LogP contribution in [0.5, 0.6) is 5.75 Å². The van der Waals surface area contributed by atoms with Crippen LogP contribution in [0.4, 0.5) is 0 Å². The minimum atomic E-state index is -4.03. The normalized spacial score (nSPS) is 18.6. The molecule has 15 heteroatoms. The van der Waals surface area contributed by atoms with Crippen molar-refractivity contribution in [1.82, 2.24) is 20.0 Å². The number of hydrogen-bond acceptors (Lipinski definition) is 8. The Morgan fingerprint density at radius 3 is 2.16 bits per heavy atom. The zero-order valence-electron chi connectivity index (χ0n) is 31.7. The fraction of sp³-hybridized carbons (Fsp3) is 0.425. The van der Waals surface area contributed by atoms with Crippen LogP contribution >= 0.6 is 7.75 Å². The number of amides is 1. The number of azide groups is 1. The summed E-state index contributed by atoms with van der Waals surface area (Å²) < 4.78 is 32.5. The Morgan fingerprint density at radius 2 is 1.56 bits per heavy atom. The van der Waals surface area contributed by atoms with Crippen molar-refractivity contribution in [2.45, 2.75) is 90.0 Å². The molecule has 55 heavy (non-hydrogen) atoms. The number of allylic oxidation sites excluding steroid dienone is 12. The lowest BCUT2D eigenvalue weighted by Gasteiger charge is -2.23. The highest BCUT2D eigenvalue weighted by atomic mass is 31.2. The lowest BCUT2D eigenvalue weighted by molar-refractivity contribution is -0.120. The second-order valence-electron chi connectivity index (χ2n) is 12.5. The van der Waals surface area contributed by atoms with E-state index in [1.807, 2.05) is 12.2 Å². The molecule has 296 valence electrons. The molecule has 3 N–H and O–H groups in total. The monoisotopic (exact) mass is 775 g/mol. The molecule has 1 aromatic carbocycles. The predicted octanol–water partition coefficient (Wildman–Crippen LogP) is 8.20. The quantitative estimate of drug-likeness (QED) is 0.0225. The average Bonchev–Trinajstić information content (AvgIpc) is 3.57. The van der Waals surface area contributed by atoms with Crippen molar-refractivity contribution in [3.63, 3.8) is 0 Å². The van der Waals surface area contributed by atoms with Gasteiger partial charge in [0, 0.05) is 42.6 Å². The molecule has 1 aromatic heterocycles. The third kappa shape index (κ3) is 17.8. The van der Waals surface area contributed by atoms with E-state index in [1.165, 1.54) is 10.8 Å². The van der Waals surface area contributed by atoms with Gasteiger partial charge in [-0.3, -0.25) is 23.7 Å². The molecule has 2 heterocycles. The van der Waals surface area contributed by atoms with Gasteiger partial charge in [-0.15, -0.1) is 0 Å². The first-order chi connectivity index (χ1) is 26.7. The maximum Gasteiger partial charge on any atom is 0.458 e. The molecule has 0 spiro atoms. The number of aromatic amines is 1. The first kappa shape index (κ1) is 44.4. The summed E-state index contributed by atoms with van der Waals surface area (Å²) in [5.74, 6) is 0.127. The number of carbonyl (C=O) groups excluding carboxylic acids is 1. The molecule has 3 rings (SSSR count). The Bertz CT molecular complexity index is 1860. The first-order valence-corrected chi connectivity index (χ1v) is 20.2. The smallest absolute Gasteiger partial charge is 0.413 e. The maximum atomic E-state index is 13.9. The van der Waals surface area contributed by atoms with Crippen molar-refractivity contribution in [3.05, 3.63) is 146 Å². The largest absolute Gasteiger partial charge is 0.458 e. The van der Waals surface area contributed by atoms with E-state index in [-0.39, 0.29) is 37.8 Å². The number of hydrogen-bond donors (Lipinski definition) is 3. The maximum absolute atomic E-state index is 13.9. The number of nitrogens with zero attached hydrogens (tertiary/aromatic N) is 4. The van der Waals surface area contributed by atoms with Gasteiger partial charge in [0.15, 0.2) is 0 Å². The molecule has 0 radical (unpaired) electrons. The van der Waals surface area contributed by atoms with Gasteiger partial charge in [-0.25, -0.2) is 14.4 Å². The van der Waals surface area contributed by atoms with Gasteiger partial charge in [0.1, 0.15) is 12.0 Å². The molecule has 1 aliphatic heterocycles. The zero-order valence-corrected chi connectivity index (χ0v) is 32.6. The van der Waals surface area contributed by atoms with Gasteiger partial charge in [0.2, 0.25) is 5.91 Å². The van der Waals surface area contributed by atoms with Crippen LogP contribution in [-0.2, 0) is 18.6 Å². The molecule has 2 aromatic rings. The van der Waals surface area contributed by atoms with E-state index in [0.29, 0.717) is 18.4 Å². The number of benzene rings is 1. The van der Waals surface area contributed by atoms with Crippen molar-refractivity contribution < 1.29 is 23.1 Å². The first-order valence-electron chi connectivity index (χ1n) is 18.7. The number of H-pyrrole nitrogens is 1. The van der Waals surface area contributed by atoms with Crippen molar-refractivity contribution >= 4 is 13.7 Å². The summed E-state index contributed by atoms with van der Waals surface area (Å²) in [6.45, 7) is 3.60. The topological polar surface area (TPSA) is 190 Å². The second-order valence-corrected chi connectivity index (χ2v) is 14.3. The number of aromatic nitrogens is 2. The van der Waals surface area contributed by atoms with Gasteiger partial charge in [-0.2, -0.15) is 0 Å². The van der Waals surface area contributed by atoms with E-state index < -0.39 is 37.4 Å². The molecule has 1 aliphatic rings. The molecule has 14 nitrogen and oxygen atoms in total. The fourth-order valence-electron chi connectivity index (χ4n) is 5.26.